The Bertz CT molecular complexity index is 596. The predicted molar refractivity (Wildman–Crippen MR) is 87.4 cm³/mol. The van der Waals surface area contributed by atoms with Gasteiger partial charge in [0.05, 0.1) is 13.0 Å². The number of esters is 1. The minimum absolute atomic E-state index is 0.200. The molecule has 2 aliphatic rings. The van der Waals surface area contributed by atoms with Gasteiger partial charge in [-0.1, -0.05) is 18.9 Å². The number of carbonyl (C=O) groups excluding carboxylic acids is 2. The van der Waals surface area contributed by atoms with Crippen LogP contribution in [0, 0.1) is 11.8 Å². The highest BCUT2D eigenvalue weighted by Gasteiger charge is 2.35. The highest BCUT2D eigenvalue weighted by Crippen LogP contribution is 2.42. The molecule has 1 fully saturated rings. The van der Waals surface area contributed by atoms with Crippen molar-refractivity contribution in [2.45, 2.75) is 43.4 Å². The van der Waals surface area contributed by atoms with Gasteiger partial charge >= 0.3 is 5.97 Å². The Hall–Kier alpha value is -1.29. The molecule has 1 aliphatic heterocycles. The molecule has 0 radical (unpaired) electrons. The topological polar surface area (TPSA) is 43.4 Å². The van der Waals surface area contributed by atoms with Crippen molar-refractivity contribution in [3.05, 3.63) is 29.3 Å². The first-order valence-electron chi connectivity index (χ1n) is 8.00. The Labute approximate surface area is 135 Å². The number of thioether (sulfide) groups is 1. The molecule has 3 unspecified atom stereocenters. The van der Waals surface area contributed by atoms with Gasteiger partial charge in [0.25, 0.3) is 0 Å². The van der Waals surface area contributed by atoms with E-state index in [1.165, 1.54) is 26.4 Å². The van der Waals surface area contributed by atoms with Gasteiger partial charge in [-0.15, -0.1) is 11.8 Å². The van der Waals surface area contributed by atoms with Crippen LogP contribution >= 0.6 is 11.8 Å². The van der Waals surface area contributed by atoms with Gasteiger partial charge < -0.3 is 4.74 Å². The SMILES string of the molecule is COC(=O)C(C)c1ccc2c(c1)SCC1CCCCC1C2=O. The molecule has 3 atom stereocenters. The molecular formula is C18H22O3S. The first kappa shape index (κ1) is 15.6. The average Bonchev–Trinajstić information content (AvgIpc) is 2.71. The second-order valence-corrected chi connectivity index (χ2v) is 7.39. The van der Waals surface area contributed by atoms with Crippen molar-refractivity contribution >= 4 is 23.5 Å². The first-order chi connectivity index (χ1) is 10.6. The number of benzene rings is 1. The van der Waals surface area contributed by atoms with Gasteiger partial charge in [-0.05, 0) is 43.4 Å². The molecule has 0 bridgehead atoms. The van der Waals surface area contributed by atoms with Crippen LogP contribution in [0.1, 0.15) is 54.4 Å². The fourth-order valence-corrected chi connectivity index (χ4v) is 4.93. The van der Waals surface area contributed by atoms with Gasteiger partial charge in [0.2, 0.25) is 0 Å². The van der Waals surface area contributed by atoms with E-state index in [0.717, 1.165) is 28.2 Å². The summed E-state index contributed by atoms with van der Waals surface area (Å²) in [7, 11) is 1.41. The Kier molecular flexibility index (Phi) is 4.57. The smallest absolute Gasteiger partial charge is 0.312 e. The van der Waals surface area contributed by atoms with Crippen LogP contribution in [-0.2, 0) is 9.53 Å². The zero-order valence-corrected chi connectivity index (χ0v) is 13.9. The van der Waals surface area contributed by atoms with Gasteiger partial charge in [0.1, 0.15) is 0 Å². The quantitative estimate of drug-likeness (QED) is 0.771. The molecule has 118 valence electrons. The summed E-state index contributed by atoms with van der Waals surface area (Å²) in [5.74, 6) is 1.50. The third-order valence-corrected chi connectivity index (χ3v) is 6.27. The summed E-state index contributed by atoms with van der Waals surface area (Å²) in [6.45, 7) is 1.84. The van der Waals surface area contributed by atoms with E-state index in [1.807, 2.05) is 25.1 Å². The maximum atomic E-state index is 12.8. The summed E-state index contributed by atoms with van der Waals surface area (Å²) < 4.78 is 4.82. The molecule has 1 saturated carbocycles. The second-order valence-electron chi connectivity index (χ2n) is 6.33. The summed E-state index contributed by atoms with van der Waals surface area (Å²) >= 11 is 1.78. The molecule has 0 saturated heterocycles. The van der Waals surface area contributed by atoms with Crippen molar-refractivity contribution in [3.8, 4) is 0 Å². The normalized spacial score (nSPS) is 25.6. The van der Waals surface area contributed by atoms with Crippen molar-refractivity contribution in [2.24, 2.45) is 11.8 Å². The van der Waals surface area contributed by atoms with Crippen LogP contribution in [0.4, 0.5) is 0 Å². The van der Waals surface area contributed by atoms with E-state index < -0.39 is 0 Å². The molecule has 0 amide bonds. The number of rotatable bonds is 2. The van der Waals surface area contributed by atoms with Crippen molar-refractivity contribution in [2.75, 3.05) is 12.9 Å². The molecule has 1 aliphatic carbocycles. The zero-order chi connectivity index (χ0) is 15.7. The van der Waals surface area contributed by atoms with Crippen LogP contribution in [0.3, 0.4) is 0 Å². The summed E-state index contributed by atoms with van der Waals surface area (Å²) in [5.41, 5.74) is 1.77. The number of fused-ring (bicyclic) bond motifs is 2. The van der Waals surface area contributed by atoms with Gasteiger partial charge in [-0.25, -0.2) is 0 Å². The number of Topliss-reactive ketones (excluding diaryl/α,β-unsaturated/α-hetero) is 1. The highest BCUT2D eigenvalue weighted by atomic mass is 32.2. The molecule has 4 heteroatoms. The molecule has 3 nitrogen and oxygen atoms in total. The number of methoxy groups -OCH3 is 1. The molecule has 22 heavy (non-hydrogen) atoms. The Morgan fingerprint density at radius 3 is 2.86 bits per heavy atom. The first-order valence-corrected chi connectivity index (χ1v) is 8.99. The van der Waals surface area contributed by atoms with Crippen LogP contribution in [0.5, 0.6) is 0 Å². The standard InChI is InChI=1S/C18H22O3S/c1-11(18(20)21-2)12-7-8-15-16(9-12)22-10-13-5-3-4-6-14(13)17(15)19/h7-9,11,13-14H,3-6,10H2,1-2H3. The molecule has 3 rings (SSSR count). The number of carbonyl (C=O) groups is 2. The van der Waals surface area contributed by atoms with Crippen LogP contribution in [0.15, 0.2) is 23.1 Å². The number of ether oxygens (including phenoxy) is 1. The van der Waals surface area contributed by atoms with E-state index in [2.05, 4.69) is 0 Å². The average molecular weight is 318 g/mol. The lowest BCUT2D eigenvalue weighted by Crippen LogP contribution is -2.27. The summed E-state index contributed by atoms with van der Waals surface area (Å²) in [4.78, 5) is 25.6. The summed E-state index contributed by atoms with van der Waals surface area (Å²) in [6.07, 6.45) is 4.62. The van der Waals surface area contributed by atoms with E-state index in [-0.39, 0.29) is 17.8 Å². The number of hydrogen-bond acceptors (Lipinski definition) is 4. The van der Waals surface area contributed by atoms with Crippen LogP contribution in [0.25, 0.3) is 0 Å². The minimum atomic E-state index is -0.295. The summed E-state index contributed by atoms with van der Waals surface area (Å²) in [5, 5.41) is 0. The summed E-state index contributed by atoms with van der Waals surface area (Å²) in [6, 6.07) is 5.83. The van der Waals surface area contributed by atoms with E-state index in [9.17, 15) is 9.59 Å². The minimum Gasteiger partial charge on any atom is -0.469 e. The third-order valence-electron chi connectivity index (χ3n) is 5.02. The highest BCUT2D eigenvalue weighted by molar-refractivity contribution is 7.99. The lowest BCUT2D eigenvalue weighted by atomic mass is 9.76. The van der Waals surface area contributed by atoms with E-state index >= 15 is 0 Å². The lowest BCUT2D eigenvalue weighted by molar-refractivity contribution is -0.141. The second kappa shape index (κ2) is 6.45. The predicted octanol–water partition coefficient (Wildman–Crippen LogP) is 4.06. The largest absolute Gasteiger partial charge is 0.469 e. The van der Waals surface area contributed by atoms with E-state index in [0.29, 0.717) is 11.7 Å². The van der Waals surface area contributed by atoms with Gasteiger partial charge in [-0.3, -0.25) is 9.59 Å². The van der Waals surface area contributed by atoms with Gasteiger partial charge in [-0.2, -0.15) is 0 Å². The van der Waals surface area contributed by atoms with E-state index in [1.54, 1.807) is 11.8 Å². The van der Waals surface area contributed by atoms with Crippen molar-refractivity contribution < 1.29 is 14.3 Å². The van der Waals surface area contributed by atoms with Crippen LogP contribution < -0.4 is 0 Å². The molecule has 1 aromatic rings. The third kappa shape index (κ3) is 2.81. The van der Waals surface area contributed by atoms with Crippen molar-refractivity contribution in [3.63, 3.8) is 0 Å². The number of hydrogen-bond donors (Lipinski definition) is 0. The van der Waals surface area contributed by atoms with Crippen LogP contribution in [0.2, 0.25) is 0 Å². The number of ketones is 1. The zero-order valence-electron chi connectivity index (χ0n) is 13.1. The van der Waals surface area contributed by atoms with Gasteiger partial charge in [0.15, 0.2) is 5.78 Å². The molecular weight excluding hydrogens is 296 g/mol. The Morgan fingerprint density at radius 2 is 2.09 bits per heavy atom. The molecule has 1 heterocycles. The van der Waals surface area contributed by atoms with E-state index in [4.69, 9.17) is 4.74 Å². The molecule has 0 aromatic heterocycles. The fourth-order valence-electron chi connectivity index (χ4n) is 3.59. The molecule has 0 N–H and O–H groups in total. The Morgan fingerprint density at radius 1 is 1.32 bits per heavy atom. The van der Waals surface area contributed by atoms with Crippen molar-refractivity contribution in [1.29, 1.82) is 0 Å². The fraction of sp³-hybridized carbons (Fsp3) is 0.556. The molecule has 1 aromatic carbocycles. The lowest BCUT2D eigenvalue weighted by Gasteiger charge is -2.28. The maximum absolute atomic E-state index is 12.8. The Balaban J connectivity index is 1.92. The maximum Gasteiger partial charge on any atom is 0.312 e. The monoisotopic (exact) mass is 318 g/mol. The van der Waals surface area contributed by atoms with Crippen molar-refractivity contribution in [1.82, 2.24) is 0 Å². The van der Waals surface area contributed by atoms with Crippen LogP contribution in [-0.4, -0.2) is 24.6 Å². The molecule has 0 spiro atoms. The van der Waals surface area contributed by atoms with Gasteiger partial charge in [0, 0.05) is 22.1 Å².